The number of nitrogens with zero attached hydrogens (tertiary/aromatic N) is 2. The monoisotopic (exact) mass is 270 g/mol. The van der Waals surface area contributed by atoms with Crippen molar-refractivity contribution in [3.63, 3.8) is 0 Å². The van der Waals surface area contributed by atoms with Gasteiger partial charge in [0.2, 0.25) is 0 Å². The van der Waals surface area contributed by atoms with Crippen LogP contribution in [0, 0.1) is 0 Å². The molecule has 1 aliphatic rings. The standard InChI is InChI=1S/C12H15ClN2O3/c1-2-18-12(16)9-7-10(13)14-11(8-9)15-3-5-17-6-4-15/h7-8H,2-6H2,1H3. The summed E-state index contributed by atoms with van der Waals surface area (Å²) < 4.78 is 10.2. The Bertz CT molecular complexity index is 433. The average Bonchev–Trinajstić information content (AvgIpc) is 2.39. The molecule has 1 aliphatic heterocycles. The Balaban J connectivity index is 2.22. The number of carbonyl (C=O) groups excluding carboxylic acids is 1. The number of morpholine rings is 1. The Morgan fingerprint density at radius 2 is 2.22 bits per heavy atom. The number of esters is 1. The second-order valence-corrected chi connectivity index (χ2v) is 4.24. The molecule has 6 heteroatoms. The van der Waals surface area contributed by atoms with Gasteiger partial charge in [-0.3, -0.25) is 0 Å². The zero-order valence-corrected chi connectivity index (χ0v) is 10.9. The van der Waals surface area contributed by atoms with Gasteiger partial charge < -0.3 is 14.4 Å². The third-order valence-electron chi connectivity index (χ3n) is 2.63. The molecule has 0 N–H and O–H groups in total. The fraction of sp³-hybridized carbons (Fsp3) is 0.500. The summed E-state index contributed by atoms with van der Waals surface area (Å²) >= 11 is 5.94. The van der Waals surface area contributed by atoms with Gasteiger partial charge in [0.05, 0.1) is 25.4 Å². The summed E-state index contributed by atoms with van der Waals surface area (Å²) in [5.41, 5.74) is 0.429. The molecule has 0 unspecified atom stereocenters. The first-order valence-electron chi connectivity index (χ1n) is 5.88. The van der Waals surface area contributed by atoms with Gasteiger partial charge in [0, 0.05) is 13.1 Å². The predicted octanol–water partition coefficient (Wildman–Crippen LogP) is 1.75. The van der Waals surface area contributed by atoms with Crippen molar-refractivity contribution < 1.29 is 14.3 Å². The summed E-state index contributed by atoms with van der Waals surface area (Å²) in [7, 11) is 0. The molecule has 0 amide bonds. The molecule has 2 heterocycles. The van der Waals surface area contributed by atoms with Gasteiger partial charge in [-0.25, -0.2) is 9.78 Å². The van der Waals surface area contributed by atoms with E-state index in [4.69, 9.17) is 21.1 Å². The number of aromatic nitrogens is 1. The van der Waals surface area contributed by atoms with Crippen molar-refractivity contribution in [1.82, 2.24) is 4.98 Å². The summed E-state index contributed by atoms with van der Waals surface area (Å²) in [6.07, 6.45) is 0. The quantitative estimate of drug-likeness (QED) is 0.619. The fourth-order valence-corrected chi connectivity index (χ4v) is 1.97. The molecular formula is C12H15ClN2O3. The number of pyridine rings is 1. The molecular weight excluding hydrogens is 256 g/mol. The number of halogens is 1. The van der Waals surface area contributed by atoms with E-state index >= 15 is 0 Å². The third kappa shape index (κ3) is 3.11. The maximum absolute atomic E-state index is 11.7. The van der Waals surface area contributed by atoms with Crippen molar-refractivity contribution in [1.29, 1.82) is 0 Å². The number of rotatable bonds is 3. The molecule has 1 saturated heterocycles. The minimum Gasteiger partial charge on any atom is -0.462 e. The fourth-order valence-electron chi connectivity index (χ4n) is 1.77. The van der Waals surface area contributed by atoms with Crippen molar-refractivity contribution in [3.8, 4) is 0 Å². The molecule has 0 radical (unpaired) electrons. The minimum atomic E-state index is -0.378. The van der Waals surface area contributed by atoms with Gasteiger partial charge in [0.1, 0.15) is 11.0 Å². The number of hydrogen-bond donors (Lipinski definition) is 0. The van der Waals surface area contributed by atoms with Crippen molar-refractivity contribution in [3.05, 3.63) is 22.8 Å². The van der Waals surface area contributed by atoms with E-state index in [0.29, 0.717) is 36.4 Å². The van der Waals surface area contributed by atoms with E-state index in [1.165, 1.54) is 6.07 Å². The topological polar surface area (TPSA) is 51.7 Å². The molecule has 0 aromatic carbocycles. The average molecular weight is 271 g/mol. The Hall–Kier alpha value is -1.33. The predicted molar refractivity (Wildman–Crippen MR) is 68.2 cm³/mol. The van der Waals surface area contributed by atoms with Crippen LogP contribution < -0.4 is 4.90 Å². The largest absolute Gasteiger partial charge is 0.462 e. The van der Waals surface area contributed by atoms with E-state index in [1.54, 1.807) is 13.0 Å². The minimum absolute atomic E-state index is 0.294. The van der Waals surface area contributed by atoms with Crippen molar-refractivity contribution in [2.24, 2.45) is 0 Å². The Morgan fingerprint density at radius 1 is 1.50 bits per heavy atom. The van der Waals surface area contributed by atoms with Crippen molar-refractivity contribution in [2.45, 2.75) is 6.92 Å². The summed E-state index contributed by atoms with van der Waals surface area (Å²) in [4.78, 5) is 17.9. The lowest BCUT2D eigenvalue weighted by Crippen LogP contribution is -2.36. The lowest BCUT2D eigenvalue weighted by molar-refractivity contribution is 0.0526. The number of ether oxygens (including phenoxy) is 2. The molecule has 2 rings (SSSR count). The summed E-state index contributed by atoms with van der Waals surface area (Å²) in [5.74, 6) is 0.310. The van der Waals surface area contributed by atoms with Gasteiger partial charge >= 0.3 is 5.97 Å². The summed E-state index contributed by atoms with van der Waals surface area (Å²) in [5, 5.41) is 0.294. The SMILES string of the molecule is CCOC(=O)c1cc(Cl)nc(N2CCOCC2)c1. The molecule has 0 bridgehead atoms. The summed E-state index contributed by atoms with van der Waals surface area (Å²) in [6.45, 7) is 4.91. The number of carbonyl (C=O) groups is 1. The summed E-state index contributed by atoms with van der Waals surface area (Å²) in [6, 6.07) is 3.22. The van der Waals surface area contributed by atoms with Crippen molar-refractivity contribution >= 4 is 23.4 Å². The second-order valence-electron chi connectivity index (χ2n) is 3.86. The van der Waals surface area contributed by atoms with Crippen molar-refractivity contribution in [2.75, 3.05) is 37.8 Å². The van der Waals surface area contributed by atoms with Crippen LogP contribution in [0.25, 0.3) is 0 Å². The highest BCUT2D eigenvalue weighted by Gasteiger charge is 2.16. The normalized spacial score (nSPS) is 15.6. The Kier molecular flexibility index (Phi) is 4.38. The first-order valence-corrected chi connectivity index (χ1v) is 6.26. The zero-order valence-electron chi connectivity index (χ0n) is 10.2. The van der Waals surface area contributed by atoms with Crippen LogP contribution in [0.15, 0.2) is 12.1 Å². The highest BCUT2D eigenvalue weighted by Crippen LogP contribution is 2.19. The molecule has 18 heavy (non-hydrogen) atoms. The number of hydrogen-bond acceptors (Lipinski definition) is 5. The molecule has 1 aromatic heterocycles. The van der Waals surface area contributed by atoms with Gasteiger partial charge in [0.25, 0.3) is 0 Å². The zero-order chi connectivity index (χ0) is 13.0. The van der Waals surface area contributed by atoms with E-state index in [0.717, 1.165) is 13.1 Å². The third-order valence-corrected chi connectivity index (χ3v) is 2.82. The van der Waals surface area contributed by atoms with Crippen LogP contribution in [0.4, 0.5) is 5.82 Å². The van der Waals surface area contributed by atoms with E-state index in [-0.39, 0.29) is 5.97 Å². The molecule has 0 aliphatic carbocycles. The molecule has 0 atom stereocenters. The van der Waals surface area contributed by atoms with Crippen LogP contribution in [0.5, 0.6) is 0 Å². The highest BCUT2D eigenvalue weighted by atomic mass is 35.5. The maximum atomic E-state index is 11.7. The van der Waals surface area contributed by atoms with Gasteiger partial charge in [0.15, 0.2) is 0 Å². The van der Waals surface area contributed by atoms with Gasteiger partial charge in [-0.2, -0.15) is 0 Å². The van der Waals surface area contributed by atoms with Crippen LogP contribution in [0.3, 0.4) is 0 Å². The highest BCUT2D eigenvalue weighted by molar-refractivity contribution is 6.29. The first kappa shape index (κ1) is 13.1. The number of anilines is 1. The van der Waals surface area contributed by atoms with Gasteiger partial charge in [-0.1, -0.05) is 11.6 Å². The van der Waals surface area contributed by atoms with Crippen LogP contribution in [-0.2, 0) is 9.47 Å². The molecule has 1 fully saturated rings. The molecule has 5 nitrogen and oxygen atoms in total. The maximum Gasteiger partial charge on any atom is 0.338 e. The second kappa shape index (κ2) is 6.02. The smallest absolute Gasteiger partial charge is 0.338 e. The van der Waals surface area contributed by atoms with Crippen LogP contribution in [0.2, 0.25) is 5.15 Å². The van der Waals surface area contributed by atoms with E-state index in [1.807, 2.05) is 4.90 Å². The van der Waals surface area contributed by atoms with E-state index in [9.17, 15) is 4.79 Å². The molecule has 1 aromatic rings. The Morgan fingerprint density at radius 3 is 2.89 bits per heavy atom. The van der Waals surface area contributed by atoms with Crippen LogP contribution >= 0.6 is 11.6 Å². The van der Waals surface area contributed by atoms with Gasteiger partial charge in [-0.15, -0.1) is 0 Å². The molecule has 0 spiro atoms. The van der Waals surface area contributed by atoms with Crippen LogP contribution in [0.1, 0.15) is 17.3 Å². The van der Waals surface area contributed by atoms with Gasteiger partial charge in [-0.05, 0) is 19.1 Å². The molecule has 0 saturated carbocycles. The Labute approximate surface area is 111 Å². The molecule has 98 valence electrons. The van der Waals surface area contributed by atoms with E-state index < -0.39 is 0 Å². The lowest BCUT2D eigenvalue weighted by atomic mass is 10.2. The van der Waals surface area contributed by atoms with E-state index in [2.05, 4.69) is 4.98 Å². The van der Waals surface area contributed by atoms with Crippen LogP contribution in [-0.4, -0.2) is 43.9 Å². The lowest BCUT2D eigenvalue weighted by Gasteiger charge is -2.28. The first-order chi connectivity index (χ1) is 8.70.